The lowest BCUT2D eigenvalue weighted by atomic mass is 10.2. The van der Waals surface area contributed by atoms with Crippen molar-refractivity contribution >= 4 is 5.97 Å². The van der Waals surface area contributed by atoms with Crippen LogP contribution in [0, 0.1) is 0 Å². The van der Waals surface area contributed by atoms with Gasteiger partial charge >= 0.3 is 5.97 Å². The zero-order chi connectivity index (χ0) is 11.8. The maximum atomic E-state index is 11.6. The first-order chi connectivity index (χ1) is 7.79. The molecule has 0 saturated carbocycles. The molecule has 0 fully saturated rings. The Morgan fingerprint density at radius 1 is 1.38 bits per heavy atom. The molecular weight excluding hydrogens is 204 g/mol. The van der Waals surface area contributed by atoms with Gasteiger partial charge in [-0.1, -0.05) is 24.3 Å². The molecule has 0 aromatic heterocycles. The highest BCUT2D eigenvalue weighted by Crippen LogP contribution is 2.18. The van der Waals surface area contributed by atoms with Crippen LogP contribution in [0.5, 0.6) is 5.75 Å². The van der Waals surface area contributed by atoms with Gasteiger partial charge in [-0.3, -0.25) is 0 Å². The highest BCUT2D eigenvalue weighted by Gasteiger charge is 2.12. The first kappa shape index (κ1) is 12.3. The van der Waals surface area contributed by atoms with Crippen LogP contribution in [-0.4, -0.2) is 19.2 Å². The van der Waals surface area contributed by atoms with E-state index in [9.17, 15) is 4.79 Å². The Morgan fingerprint density at radius 2 is 2.12 bits per heavy atom. The molecule has 1 aromatic carbocycles. The van der Waals surface area contributed by atoms with Crippen molar-refractivity contribution in [2.24, 2.45) is 0 Å². The molecule has 0 bridgehead atoms. The van der Waals surface area contributed by atoms with E-state index in [2.05, 4.69) is 0 Å². The summed E-state index contributed by atoms with van der Waals surface area (Å²) in [6.45, 7) is 4.51. The molecule has 86 valence electrons. The van der Waals surface area contributed by atoms with Gasteiger partial charge in [-0.2, -0.15) is 0 Å². The zero-order valence-corrected chi connectivity index (χ0v) is 9.60. The summed E-state index contributed by atoms with van der Waals surface area (Å²) in [5.74, 6) is 0.206. The van der Waals surface area contributed by atoms with Crippen molar-refractivity contribution < 1.29 is 14.3 Å². The van der Waals surface area contributed by atoms with E-state index in [0.717, 1.165) is 0 Å². The van der Waals surface area contributed by atoms with E-state index < -0.39 is 0 Å². The van der Waals surface area contributed by atoms with Crippen LogP contribution in [0.4, 0.5) is 0 Å². The standard InChI is InChI=1S/C13H16O3/c1-3-5-10-16-12-9-7-6-8-11(12)13(14)15-4-2/h3,5-9H,4,10H2,1-2H3. The van der Waals surface area contributed by atoms with E-state index >= 15 is 0 Å². The molecule has 0 radical (unpaired) electrons. The Morgan fingerprint density at radius 3 is 2.81 bits per heavy atom. The molecule has 16 heavy (non-hydrogen) atoms. The minimum atomic E-state index is -0.349. The maximum absolute atomic E-state index is 11.6. The third-order valence-corrected chi connectivity index (χ3v) is 1.95. The van der Waals surface area contributed by atoms with Crippen LogP contribution in [0.25, 0.3) is 0 Å². The number of allylic oxidation sites excluding steroid dienone is 1. The van der Waals surface area contributed by atoms with E-state index in [0.29, 0.717) is 24.5 Å². The normalized spacial score (nSPS) is 10.4. The van der Waals surface area contributed by atoms with Crippen molar-refractivity contribution in [3.63, 3.8) is 0 Å². The van der Waals surface area contributed by atoms with Gasteiger partial charge in [0, 0.05) is 0 Å². The van der Waals surface area contributed by atoms with Gasteiger partial charge in [0.25, 0.3) is 0 Å². The van der Waals surface area contributed by atoms with Crippen LogP contribution >= 0.6 is 0 Å². The summed E-state index contributed by atoms with van der Waals surface area (Å²) in [5, 5.41) is 0. The molecular formula is C13H16O3. The minimum absolute atomic E-state index is 0.349. The molecule has 0 aliphatic heterocycles. The van der Waals surface area contributed by atoms with Crippen LogP contribution < -0.4 is 4.74 Å². The number of rotatable bonds is 5. The van der Waals surface area contributed by atoms with Gasteiger partial charge in [0.1, 0.15) is 17.9 Å². The molecule has 1 rings (SSSR count). The lowest BCUT2D eigenvalue weighted by Crippen LogP contribution is -2.07. The van der Waals surface area contributed by atoms with Gasteiger partial charge in [-0.05, 0) is 26.0 Å². The summed E-state index contributed by atoms with van der Waals surface area (Å²) in [4.78, 5) is 11.6. The van der Waals surface area contributed by atoms with Gasteiger partial charge in [0.15, 0.2) is 0 Å². The number of hydrogen-bond donors (Lipinski definition) is 0. The van der Waals surface area contributed by atoms with Gasteiger partial charge in [-0.15, -0.1) is 0 Å². The fourth-order valence-electron chi connectivity index (χ4n) is 1.20. The Balaban J connectivity index is 2.78. The molecule has 3 heteroatoms. The Hall–Kier alpha value is -1.77. The molecule has 0 amide bonds. The topological polar surface area (TPSA) is 35.5 Å². The second-order valence-corrected chi connectivity index (χ2v) is 3.10. The summed E-state index contributed by atoms with van der Waals surface area (Å²) in [6, 6.07) is 7.07. The van der Waals surface area contributed by atoms with Crippen LogP contribution in [0.2, 0.25) is 0 Å². The van der Waals surface area contributed by atoms with Gasteiger partial charge < -0.3 is 9.47 Å². The molecule has 0 saturated heterocycles. The number of esters is 1. The van der Waals surface area contributed by atoms with Crippen molar-refractivity contribution in [2.45, 2.75) is 13.8 Å². The lowest BCUT2D eigenvalue weighted by Gasteiger charge is -2.08. The van der Waals surface area contributed by atoms with Crippen molar-refractivity contribution in [1.82, 2.24) is 0 Å². The lowest BCUT2D eigenvalue weighted by molar-refractivity contribution is 0.0522. The average Bonchev–Trinajstić information content (AvgIpc) is 2.30. The molecule has 0 heterocycles. The third-order valence-electron chi connectivity index (χ3n) is 1.95. The van der Waals surface area contributed by atoms with Crippen molar-refractivity contribution in [1.29, 1.82) is 0 Å². The predicted octanol–water partition coefficient (Wildman–Crippen LogP) is 2.82. The Kier molecular flexibility index (Phi) is 5.12. The molecule has 1 aromatic rings. The highest BCUT2D eigenvalue weighted by atomic mass is 16.5. The number of benzene rings is 1. The average molecular weight is 220 g/mol. The van der Waals surface area contributed by atoms with Gasteiger partial charge in [0.05, 0.1) is 6.61 Å². The van der Waals surface area contributed by atoms with E-state index in [1.807, 2.05) is 25.1 Å². The molecule has 0 atom stereocenters. The smallest absolute Gasteiger partial charge is 0.341 e. The summed E-state index contributed by atoms with van der Waals surface area (Å²) >= 11 is 0. The molecule has 0 N–H and O–H groups in total. The highest BCUT2D eigenvalue weighted by molar-refractivity contribution is 5.92. The van der Waals surface area contributed by atoms with E-state index in [1.54, 1.807) is 25.1 Å². The number of ether oxygens (including phenoxy) is 2. The predicted molar refractivity (Wildman–Crippen MR) is 62.7 cm³/mol. The summed E-state index contributed by atoms with van der Waals surface area (Å²) < 4.78 is 10.4. The fourth-order valence-corrected chi connectivity index (χ4v) is 1.20. The molecule has 3 nitrogen and oxygen atoms in total. The van der Waals surface area contributed by atoms with E-state index in [-0.39, 0.29) is 5.97 Å². The Bertz CT molecular complexity index is 369. The van der Waals surface area contributed by atoms with Gasteiger partial charge in [0.2, 0.25) is 0 Å². The molecule has 0 spiro atoms. The van der Waals surface area contributed by atoms with Gasteiger partial charge in [-0.25, -0.2) is 4.79 Å². The fraction of sp³-hybridized carbons (Fsp3) is 0.308. The summed E-state index contributed by atoms with van der Waals surface area (Å²) in [5.41, 5.74) is 0.467. The number of hydrogen-bond acceptors (Lipinski definition) is 3. The third kappa shape index (κ3) is 3.42. The van der Waals surface area contributed by atoms with Crippen molar-refractivity contribution in [2.75, 3.05) is 13.2 Å². The van der Waals surface area contributed by atoms with Crippen molar-refractivity contribution in [3.8, 4) is 5.75 Å². The first-order valence-corrected chi connectivity index (χ1v) is 5.29. The minimum Gasteiger partial charge on any atom is -0.489 e. The first-order valence-electron chi connectivity index (χ1n) is 5.29. The number of carbonyl (C=O) groups is 1. The number of para-hydroxylation sites is 1. The SMILES string of the molecule is CC=CCOc1ccccc1C(=O)OCC. The van der Waals surface area contributed by atoms with E-state index in [4.69, 9.17) is 9.47 Å². The molecule has 0 aliphatic carbocycles. The Labute approximate surface area is 95.7 Å². The second-order valence-electron chi connectivity index (χ2n) is 3.10. The van der Waals surface area contributed by atoms with E-state index in [1.165, 1.54) is 0 Å². The molecule has 0 aliphatic rings. The zero-order valence-electron chi connectivity index (χ0n) is 9.60. The van der Waals surface area contributed by atoms with Crippen LogP contribution in [0.1, 0.15) is 24.2 Å². The monoisotopic (exact) mass is 220 g/mol. The largest absolute Gasteiger partial charge is 0.489 e. The van der Waals surface area contributed by atoms with Crippen LogP contribution in [0.15, 0.2) is 36.4 Å². The second kappa shape index (κ2) is 6.67. The van der Waals surface area contributed by atoms with Crippen molar-refractivity contribution in [3.05, 3.63) is 42.0 Å². The maximum Gasteiger partial charge on any atom is 0.341 e. The molecule has 0 unspecified atom stereocenters. The van der Waals surface area contributed by atoms with Crippen LogP contribution in [0.3, 0.4) is 0 Å². The van der Waals surface area contributed by atoms with Crippen LogP contribution in [-0.2, 0) is 4.74 Å². The number of carbonyl (C=O) groups excluding carboxylic acids is 1. The quantitative estimate of drug-likeness (QED) is 0.565. The summed E-state index contributed by atoms with van der Waals surface area (Å²) in [7, 11) is 0. The summed E-state index contributed by atoms with van der Waals surface area (Å²) in [6.07, 6.45) is 3.77.